The molecule has 146 valence electrons. The number of nitrogens with one attached hydrogen (secondary N) is 2. The number of hydrogen-bond acceptors (Lipinski definition) is 4. The number of nitrogens with zero attached hydrogens (tertiary/aromatic N) is 1. The van der Waals surface area contributed by atoms with Crippen LogP contribution >= 0.6 is 0 Å². The molecule has 0 spiro atoms. The summed E-state index contributed by atoms with van der Waals surface area (Å²) in [6, 6.07) is 5.12. The summed E-state index contributed by atoms with van der Waals surface area (Å²) in [5, 5.41) is 5.57. The Hall–Kier alpha value is -2.41. The lowest BCUT2D eigenvalue weighted by atomic mass is 9.94. The van der Waals surface area contributed by atoms with Crippen LogP contribution in [0.2, 0.25) is 0 Å². The summed E-state index contributed by atoms with van der Waals surface area (Å²) in [5.74, 6) is -0.845. The molecule has 7 heteroatoms. The highest BCUT2D eigenvalue weighted by Crippen LogP contribution is 2.29. The predicted molar refractivity (Wildman–Crippen MR) is 99.4 cm³/mol. The van der Waals surface area contributed by atoms with E-state index in [0.29, 0.717) is 29.4 Å². The van der Waals surface area contributed by atoms with Gasteiger partial charge in [-0.25, -0.2) is 14.0 Å². The van der Waals surface area contributed by atoms with Crippen LogP contribution in [0.1, 0.15) is 44.7 Å². The maximum absolute atomic E-state index is 13.3. The molecule has 0 bridgehead atoms. The van der Waals surface area contributed by atoms with E-state index >= 15 is 0 Å². The van der Waals surface area contributed by atoms with Crippen molar-refractivity contribution in [1.82, 2.24) is 15.5 Å². The monoisotopic (exact) mass is 375 g/mol. The molecule has 0 unspecified atom stereocenters. The van der Waals surface area contributed by atoms with Crippen molar-refractivity contribution in [2.24, 2.45) is 0 Å². The van der Waals surface area contributed by atoms with Gasteiger partial charge in [-0.1, -0.05) is 18.6 Å². The summed E-state index contributed by atoms with van der Waals surface area (Å²) < 4.78 is 18.6. The number of rotatable bonds is 5. The second kappa shape index (κ2) is 8.52. The molecule has 1 aromatic rings. The van der Waals surface area contributed by atoms with E-state index in [1.54, 1.807) is 19.1 Å². The Kier molecular flexibility index (Phi) is 6.11. The Labute approximate surface area is 158 Å². The number of piperidine rings is 1. The van der Waals surface area contributed by atoms with Gasteiger partial charge in [-0.3, -0.25) is 4.90 Å². The zero-order chi connectivity index (χ0) is 19.4. The third-order valence-corrected chi connectivity index (χ3v) is 5.15. The number of esters is 1. The highest BCUT2D eigenvalue weighted by molar-refractivity contribution is 5.95. The smallest absolute Gasteiger partial charge is 0.338 e. The number of carbonyl (C=O) groups is 2. The van der Waals surface area contributed by atoms with Gasteiger partial charge in [0.05, 0.1) is 18.2 Å². The molecule has 2 atom stereocenters. The molecule has 2 amide bonds. The van der Waals surface area contributed by atoms with Crippen LogP contribution in [0.25, 0.3) is 0 Å². The molecule has 6 nitrogen and oxygen atoms in total. The van der Waals surface area contributed by atoms with Crippen LogP contribution in [-0.2, 0) is 9.53 Å². The van der Waals surface area contributed by atoms with Crippen molar-refractivity contribution in [2.45, 2.75) is 45.2 Å². The first-order valence-electron chi connectivity index (χ1n) is 9.46. The quantitative estimate of drug-likeness (QED) is 0.777. The fraction of sp³-hybridized carbons (Fsp3) is 0.500. The molecule has 1 fully saturated rings. The normalized spacial score (nSPS) is 23.6. The van der Waals surface area contributed by atoms with Crippen molar-refractivity contribution >= 4 is 12.0 Å². The number of urea groups is 1. The number of amides is 2. The van der Waals surface area contributed by atoms with Crippen molar-refractivity contribution in [3.05, 3.63) is 46.9 Å². The van der Waals surface area contributed by atoms with E-state index in [4.69, 9.17) is 4.74 Å². The second-order valence-corrected chi connectivity index (χ2v) is 7.01. The largest absolute Gasteiger partial charge is 0.463 e. The topological polar surface area (TPSA) is 70.7 Å². The minimum absolute atomic E-state index is 0.236. The van der Waals surface area contributed by atoms with Crippen LogP contribution in [0, 0.1) is 5.82 Å². The zero-order valence-electron chi connectivity index (χ0n) is 15.8. The Bertz CT molecular complexity index is 732. The van der Waals surface area contributed by atoms with Gasteiger partial charge in [0, 0.05) is 18.3 Å². The lowest BCUT2D eigenvalue weighted by molar-refractivity contribution is -0.139. The first kappa shape index (κ1) is 19.4. The molecule has 0 aliphatic carbocycles. The van der Waals surface area contributed by atoms with Gasteiger partial charge in [0.1, 0.15) is 5.82 Å². The fourth-order valence-corrected chi connectivity index (χ4v) is 3.69. The number of halogens is 1. The van der Waals surface area contributed by atoms with Crippen LogP contribution in [0.5, 0.6) is 0 Å². The Morgan fingerprint density at radius 3 is 2.70 bits per heavy atom. The van der Waals surface area contributed by atoms with Gasteiger partial charge in [0.15, 0.2) is 0 Å². The molecule has 0 saturated carbocycles. The lowest BCUT2D eigenvalue weighted by Gasteiger charge is -2.36. The molecule has 1 saturated heterocycles. The van der Waals surface area contributed by atoms with Gasteiger partial charge in [0.25, 0.3) is 0 Å². The molecular formula is C20H26FN3O3. The summed E-state index contributed by atoms with van der Waals surface area (Å²) in [6.07, 6.45) is 3.38. The van der Waals surface area contributed by atoms with E-state index in [1.165, 1.54) is 18.6 Å². The fourth-order valence-electron chi connectivity index (χ4n) is 3.69. The number of likely N-dealkylation sites (tertiary alicyclic amines) is 1. The average molecular weight is 375 g/mol. The predicted octanol–water partition coefficient (Wildman–Crippen LogP) is 2.87. The first-order chi connectivity index (χ1) is 13.0. The molecule has 2 aliphatic heterocycles. The maximum Gasteiger partial charge on any atom is 0.338 e. The second-order valence-electron chi connectivity index (χ2n) is 7.01. The lowest BCUT2D eigenvalue weighted by Crippen LogP contribution is -2.50. The highest BCUT2D eigenvalue weighted by Gasteiger charge is 2.35. The average Bonchev–Trinajstić information content (AvgIpc) is 2.64. The minimum Gasteiger partial charge on any atom is -0.463 e. The van der Waals surface area contributed by atoms with Gasteiger partial charge in [0.2, 0.25) is 0 Å². The molecule has 27 heavy (non-hydrogen) atoms. The van der Waals surface area contributed by atoms with E-state index in [0.717, 1.165) is 19.4 Å². The molecule has 2 N–H and O–H groups in total. The van der Waals surface area contributed by atoms with Gasteiger partial charge in [-0.2, -0.15) is 0 Å². The van der Waals surface area contributed by atoms with Gasteiger partial charge < -0.3 is 15.4 Å². The molecular weight excluding hydrogens is 349 g/mol. The molecule has 1 aromatic carbocycles. The van der Waals surface area contributed by atoms with Crippen LogP contribution in [0.15, 0.2) is 35.5 Å². The maximum atomic E-state index is 13.3. The molecule has 3 rings (SSSR count). The summed E-state index contributed by atoms with van der Waals surface area (Å²) in [5.41, 5.74) is 1.57. The van der Waals surface area contributed by atoms with E-state index < -0.39 is 12.0 Å². The number of hydrogen-bond donors (Lipinski definition) is 2. The minimum atomic E-state index is -0.673. The zero-order valence-corrected chi connectivity index (χ0v) is 15.8. The standard InChI is InChI=1S/C20H26FN3O3/c1-3-27-19(25)17-16(12-24-11-5-4-6-13(24)2)22-20(26)23-18(17)14-7-9-15(21)10-8-14/h7-10,13,18H,3-6,11-12H2,1-2H3,(H2,22,23,26)/t13-,18-/m0/s1. The van der Waals surface area contributed by atoms with Gasteiger partial charge in [-0.15, -0.1) is 0 Å². The van der Waals surface area contributed by atoms with Crippen molar-refractivity contribution in [3.63, 3.8) is 0 Å². The third-order valence-electron chi connectivity index (χ3n) is 5.15. The molecule has 0 aromatic heterocycles. The van der Waals surface area contributed by atoms with Crippen LogP contribution in [0.4, 0.5) is 9.18 Å². The van der Waals surface area contributed by atoms with E-state index in [-0.39, 0.29) is 18.5 Å². The Balaban J connectivity index is 1.98. The molecule has 0 radical (unpaired) electrons. The Morgan fingerprint density at radius 2 is 2.04 bits per heavy atom. The summed E-state index contributed by atoms with van der Waals surface area (Å²) >= 11 is 0. The van der Waals surface area contributed by atoms with Crippen molar-refractivity contribution in [2.75, 3.05) is 19.7 Å². The van der Waals surface area contributed by atoms with E-state index in [2.05, 4.69) is 22.5 Å². The summed E-state index contributed by atoms with van der Waals surface area (Å²) in [7, 11) is 0. The molecule has 2 aliphatic rings. The Morgan fingerprint density at radius 1 is 1.30 bits per heavy atom. The van der Waals surface area contributed by atoms with Crippen LogP contribution in [0.3, 0.4) is 0 Å². The highest BCUT2D eigenvalue weighted by atomic mass is 19.1. The summed E-state index contributed by atoms with van der Waals surface area (Å²) in [4.78, 5) is 27.3. The van der Waals surface area contributed by atoms with Gasteiger partial charge in [-0.05, 0) is 50.9 Å². The van der Waals surface area contributed by atoms with Crippen molar-refractivity contribution in [3.8, 4) is 0 Å². The molecule has 2 heterocycles. The number of carbonyl (C=O) groups excluding carboxylic acids is 2. The van der Waals surface area contributed by atoms with Crippen molar-refractivity contribution in [1.29, 1.82) is 0 Å². The third kappa shape index (κ3) is 4.47. The van der Waals surface area contributed by atoms with Crippen LogP contribution < -0.4 is 10.6 Å². The van der Waals surface area contributed by atoms with Gasteiger partial charge >= 0.3 is 12.0 Å². The van der Waals surface area contributed by atoms with E-state index in [1.807, 2.05) is 0 Å². The van der Waals surface area contributed by atoms with Crippen LogP contribution in [-0.4, -0.2) is 42.6 Å². The summed E-state index contributed by atoms with van der Waals surface area (Å²) in [6.45, 7) is 5.53. The number of benzene rings is 1. The van der Waals surface area contributed by atoms with Crippen molar-refractivity contribution < 1.29 is 18.7 Å². The number of ether oxygens (including phenoxy) is 1. The van der Waals surface area contributed by atoms with E-state index in [9.17, 15) is 14.0 Å². The first-order valence-corrected chi connectivity index (χ1v) is 9.46. The SMILES string of the molecule is CCOC(=O)C1=C(CN2CCCC[C@@H]2C)NC(=O)N[C@H]1c1ccc(F)cc1.